The summed E-state index contributed by atoms with van der Waals surface area (Å²) in [5, 5.41) is 14.6. The van der Waals surface area contributed by atoms with E-state index in [4.69, 9.17) is 11.6 Å². The zero-order chi connectivity index (χ0) is 21.9. The molecular formula is C25H28ClFN4S. The van der Waals surface area contributed by atoms with Crippen molar-refractivity contribution in [2.75, 3.05) is 18.4 Å². The highest BCUT2D eigenvalue weighted by Crippen LogP contribution is 2.32. The lowest BCUT2D eigenvalue weighted by Crippen LogP contribution is -2.34. The molecule has 0 saturated heterocycles. The number of anilines is 1. The van der Waals surface area contributed by atoms with Crippen LogP contribution in [0.15, 0.2) is 35.7 Å². The maximum absolute atomic E-state index is 13.5. The van der Waals surface area contributed by atoms with Gasteiger partial charge in [0.2, 0.25) is 0 Å². The Morgan fingerprint density at radius 2 is 2.00 bits per heavy atom. The average molecular weight is 471 g/mol. The number of benzene rings is 1. The van der Waals surface area contributed by atoms with Gasteiger partial charge in [0.1, 0.15) is 11.6 Å². The Hall–Kier alpha value is -2.02. The Morgan fingerprint density at radius 3 is 2.81 bits per heavy atom. The van der Waals surface area contributed by atoms with Crippen LogP contribution in [0.4, 0.5) is 10.2 Å². The second-order valence-electron chi connectivity index (χ2n) is 8.93. The number of thiophene rings is 1. The summed E-state index contributed by atoms with van der Waals surface area (Å²) >= 11 is 8.07. The van der Waals surface area contributed by atoms with Crippen LogP contribution in [-0.4, -0.2) is 28.2 Å². The molecule has 0 radical (unpaired) electrons. The van der Waals surface area contributed by atoms with Crippen molar-refractivity contribution in [2.45, 2.75) is 51.6 Å². The van der Waals surface area contributed by atoms with E-state index >= 15 is 0 Å². The van der Waals surface area contributed by atoms with E-state index in [9.17, 15) is 4.39 Å². The summed E-state index contributed by atoms with van der Waals surface area (Å²) in [6.07, 6.45) is 8.21. The molecule has 1 fully saturated rings. The van der Waals surface area contributed by atoms with Gasteiger partial charge < -0.3 is 5.32 Å². The van der Waals surface area contributed by atoms with Crippen molar-refractivity contribution >= 4 is 28.8 Å². The van der Waals surface area contributed by atoms with Crippen LogP contribution in [0.1, 0.15) is 48.1 Å². The number of nitrogens with one attached hydrogen (secondary N) is 1. The molecule has 7 heteroatoms. The van der Waals surface area contributed by atoms with Gasteiger partial charge in [-0.2, -0.15) is 0 Å². The molecule has 168 valence electrons. The lowest BCUT2D eigenvalue weighted by molar-refractivity contribution is 0.189. The Labute approximate surface area is 197 Å². The predicted molar refractivity (Wildman–Crippen MR) is 130 cm³/mol. The molecule has 0 bridgehead atoms. The van der Waals surface area contributed by atoms with Crippen molar-refractivity contribution in [2.24, 2.45) is 5.92 Å². The first-order chi connectivity index (χ1) is 15.7. The summed E-state index contributed by atoms with van der Waals surface area (Å²) in [4.78, 5) is 4.18. The summed E-state index contributed by atoms with van der Waals surface area (Å²) in [5.74, 6) is 1.26. The Morgan fingerprint density at radius 1 is 1.12 bits per heavy atom. The lowest BCUT2D eigenvalue weighted by Gasteiger charge is -2.32. The van der Waals surface area contributed by atoms with Crippen LogP contribution in [0.2, 0.25) is 5.02 Å². The number of nitrogens with zero attached hydrogens (tertiary/aromatic N) is 3. The van der Waals surface area contributed by atoms with Crippen LogP contribution in [0.3, 0.4) is 0 Å². The van der Waals surface area contributed by atoms with Crippen molar-refractivity contribution in [3.8, 4) is 11.3 Å². The molecule has 2 aromatic heterocycles. The van der Waals surface area contributed by atoms with Crippen molar-refractivity contribution in [3.05, 3.63) is 62.6 Å². The van der Waals surface area contributed by atoms with Crippen LogP contribution in [0.25, 0.3) is 11.3 Å². The summed E-state index contributed by atoms with van der Waals surface area (Å²) in [6.45, 7) is 4.26. The normalized spacial score (nSPS) is 17.3. The quantitative estimate of drug-likeness (QED) is 0.443. The number of aromatic nitrogens is 2. The third-order valence-electron chi connectivity index (χ3n) is 6.68. The second-order valence-corrected chi connectivity index (χ2v) is 10.3. The number of fused-ring (bicyclic) bond motifs is 1. The fourth-order valence-corrected chi connectivity index (χ4v) is 6.29. The zero-order valence-electron chi connectivity index (χ0n) is 18.1. The summed E-state index contributed by atoms with van der Waals surface area (Å²) in [7, 11) is 0. The molecule has 0 atom stereocenters. The average Bonchev–Trinajstić information content (AvgIpc) is 3.22. The van der Waals surface area contributed by atoms with Gasteiger partial charge >= 0.3 is 0 Å². The SMILES string of the molecule is Fc1ccc(Cl)c(-c2ccc(NCc3csc4c3CCN(CC3CCCCC3)C4)nn2)c1. The van der Waals surface area contributed by atoms with E-state index in [1.54, 1.807) is 0 Å². The minimum Gasteiger partial charge on any atom is -0.364 e. The van der Waals surface area contributed by atoms with Gasteiger partial charge in [-0.05, 0) is 72.0 Å². The molecule has 1 aromatic carbocycles. The third kappa shape index (κ3) is 4.98. The van der Waals surface area contributed by atoms with Gasteiger partial charge in [-0.1, -0.05) is 30.9 Å². The zero-order valence-corrected chi connectivity index (χ0v) is 19.7. The molecule has 1 N–H and O–H groups in total. The van der Waals surface area contributed by atoms with E-state index in [2.05, 4.69) is 25.8 Å². The highest BCUT2D eigenvalue weighted by molar-refractivity contribution is 7.10. The third-order valence-corrected chi connectivity index (χ3v) is 8.07. The van der Waals surface area contributed by atoms with Crippen LogP contribution < -0.4 is 5.32 Å². The molecule has 4 nitrogen and oxygen atoms in total. The Bertz CT molecular complexity index is 1060. The van der Waals surface area contributed by atoms with Crippen LogP contribution >= 0.6 is 22.9 Å². The standard InChI is InChI=1S/C25H28ClFN4S/c26-22-7-6-19(27)12-21(22)23-8-9-25(30-29-23)28-13-18-16-32-24-15-31(11-10-20(18)24)14-17-4-2-1-3-5-17/h6-9,12,16-17H,1-5,10-11,13-15H2,(H,28,30). The molecule has 32 heavy (non-hydrogen) atoms. The molecule has 0 amide bonds. The van der Waals surface area contributed by atoms with E-state index in [0.29, 0.717) is 22.1 Å². The first-order valence-electron chi connectivity index (χ1n) is 11.5. The lowest BCUT2D eigenvalue weighted by atomic mass is 9.88. The molecule has 2 aliphatic rings. The molecule has 5 rings (SSSR count). The summed E-state index contributed by atoms with van der Waals surface area (Å²) in [5.41, 5.74) is 3.99. The maximum atomic E-state index is 13.5. The Balaban J connectivity index is 1.19. The number of rotatable bonds is 6. The predicted octanol–water partition coefficient (Wildman–Crippen LogP) is 6.55. The molecule has 0 spiro atoms. The van der Waals surface area contributed by atoms with Gasteiger partial charge in [0.25, 0.3) is 0 Å². The first-order valence-corrected chi connectivity index (χ1v) is 12.7. The highest BCUT2D eigenvalue weighted by atomic mass is 35.5. The van der Waals surface area contributed by atoms with Gasteiger partial charge in [0.05, 0.1) is 10.7 Å². The van der Waals surface area contributed by atoms with E-state index in [0.717, 1.165) is 32.0 Å². The summed E-state index contributed by atoms with van der Waals surface area (Å²) in [6, 6.07) is 7.95. The fourth-order valence-electron chi connectivity index (χ4n) is 4.94. The first kappa shape index (κ1) is 21.8. The van der Waals surface area contributed by atoms with Gasteiger partial charge in [-0.3, -0.25) is 4.90 Å². The van der Waals surface area contributed by atoms with Gasteiger partial charge in [-0.25, -0.2) is 4.39 Å². The van der Waals surface area contributed by atoms with E-state index in [1.807, 2.05) is 23.5 Å². The fraction of sp³-hybridized carbons (Fsp3) is 0.440. The molecule has 0 unspecified atom stereocenters. The van der Waals surface area contributed by atoms with E-state index in [-0.39, 0.29) is 5.82 Å². The topological polar surface area (TPSA) is 41.0 Å². The molecule has 1 aliphatic heterocycles. The minimum atomic E-state index is -0.340. The van der Waals surface area contributed by atoms with Crippen LogP contribution in [-0.2, 0) is 19.5 Å². The van der Waals surface area contributed by atoms with Gasteiger partial charge in [0, 0.05) is 36.6 Å². The molecule has 1 aliphatic carbocycles. The van der Waals surface area contributed by atoms with Crippen LogP contribution in [0.5, 0.6) is 0 Å². The van der Waals surface area contributed by atoms with E-state index < -0.39 is 0 Å². The van der Waals surface area contributed by atoms with Gasteiger partial charge in [0.15, 0.2) is 0 Å². The second kappa shape index (κ2) is 9.86. The Kier molecular flexibility index (Phi) is 6.72. The van der Waals surface area contributed by atoms with Crippen molar-refractivity contribution in [3.63, 3.8) is 0 Å². The molecule has 3 heterocycles. The van der Waals surface area contributed by atoms with Crippen LogP contribution in [0, 0.1) is 11.7 Å². The monoisotopic (exact) mass is 470 g/mol. The van der Waals surface area contributed by atoms with Gasteiger partial charge in [-0.15, -0.1) is 21.5 Å². The van der Waals surface area contributed by atoms with E-state index in [1.165, 1.54) is 72.9 Å². The number of hydrogen-bond donors (Lipinski definition) is 1. The van der Waals surface area contributed by atoms with Crippen molar-refractivity contribution < 1.29 is 4.39 Å². The van der Waals surface area contributed by atoms with Crippen molar-refractivity contribution in [1.82, 2.24) is 15.1 Å². The highest BCUT2D eigenvalue weighted by Gasteiger charge is 2.23. The number of hydrogen-bond acceptors (Lipinski definition) is 5. The summed E-state index contributed by atoms with van der Waals surface area (Å²) < 4.78 is 13.5. The smallest absolute Gasteiger partial charge is 0.148 e. The molecular weight excluding hydrogens is 443 g/mol. The van der Waals surface area contributed by atoms with Crippen molar-refractivity contribution in [1.29, 1.82) is 0 Å². The molecule has 3 aromatic rings. The maximum Gasteiger partial charge on any atom is 0.148 e. The molecule has 1 saturated carbocycles. The number of halogens is 2. The largest absolute Gasteiger partial charge is 0.364 e. The minimum absolute atomic E-state index is 0.340.